The van der Waals surface area contributed by atoms with E-state index in [2.05, 4.69) is 42.5 Å². The van der Waals surface area contributed by atoms with Gasteiger partial charge in [-0.25, -0.2) is 0 Å². The van der Waals surface area contributed by atoms with Crippen LogP contribution in [0.4, 0.5) is 5.69 Å². The third-order valence-corrected chi connectivity index (χ3v) is 5.16. The lowest BCUT2D eigenvalue weighted by Gasteiger charge is -2.12. The minimum Gasteiger partial charge on any atom is -0.258 e. The van der Waals surface area contributed by atoms with Crippen LogP contribution in [0.25, 0.3) is 43.4 Å². The normalized spacial score (nSPS) is 11.3. The second kappa shape index (κ2) is 5.92. The SMILES string of the molecule is O=[N+]([O-])c1ccccc1-c1cccc2c1ccc1ccc3ccccc3c12. The van der Waals surface area contributed by atoms with Crippen LogP contribution in [0.1, 0.15) is 0 Å². The molecule has 27 heavy (non-hydrogen) atoms. The van der Waals surface area contributed by atoms with E-state index in [1.807, 2.05) is 36.4 Å². The van der Waals surface area contributed by atoms with Gasteiger partial charge in [0.15, 0.2) is 0 Å². The molecule has 5 aromatic rings. The fourth-order valence-electron chi connectivity index (χ4n) is 3.96. The molecule has 128 valence electrons. The number of fused-ring (bicyclic) bond motifs is 5. The molecule has 0 fully saturated rings. The maximum atomic E-state index is 11.5. The summed E-state index contributed by atoms with van der Waals surface area (Å²) >= 11 is 0. The van der Waals surface area contributed by atoms with Crippen molar-refractivity contribution in [2.75, 3.05) is 0 Å². The molecular weight excluding hydrogens is 334 g/mol. The minimum atomic E-state index is -0.315. The van der Waals surface area contributed by atoms with Gasteiger partial charge in [0, 0.05) is 6.07 Å². The summed E-state index contributed by atoms with van der Waals surface area (Å²) in [5.74, 6) is 0. The summed E-state index contributed by atoms with van der Waals surface area (Å²) < 4.78 is 0. The van der Waals surface area contributed by atoms with Gasteiger partial charge in [-0.1, -0.05) is 78.9 Å². The number of hydrogen-bond acceptors (Lipinski definition) is 2. The smallest absolute Gasteiger partial charge is 0.258 e. The third-order valence-electron chi connectivity index (χ3n) is 5.16. The number of nitrogens with zero attached hydrogens (tertiary/aromatic N) is 1. The second-order valence-corrected chi connectivity index (χ2v) is 6.63. The first-order valence-corrected chi connectivity index (χ1v) is 8.81. The molecule has 0 amide bonds. The minimum absolute atomic E-state index is 0.128. The number of para-hydroxylation sites is 1. The maximum Gasteiger partial charge on any atom is 0.277 e. The van der Waals surface area contributed by atoms with Crippen LogP contribution >= 0.6 is 0 Å². The number of rotatable bonds is 2. The Kier molecular flexibility index (Phi) is 3.41. The van der Waals surface area contributed by atoms with E-state index in [0.717, 1.165) is 16.3 Å². The first-order valence-electron chi connectivity index (χ1n) is 8.81. The highest BCUT2D eigenvalue weighted by Gasteiger charge is 2.17. The Balaban J connectivity index is 1.94. The molecule has 5 rings (SSSR count). The quantitative estimate of drug-likeness (QED) is 0.202. The molecule has 0 aliphatic heterocycles. The third kappa shape index (κ3) is 2.36. The Hall–Kier alpha value is -3.72. The Bertz CT molecular complexity index is 1360. The van der Waals surface area contributed by atoms with Crippen LogP contribution in [0, 0.1) is 10.1 Å². The topological polar surface area (TPSA) is 43.1 Å². The molecule has 0 bridgehead atoms. The second-order valence-electron chi connectivity index (χ2n) is 6.63. The van der Waals surface area contributed by atoms with Crippen LogP contribution in [-0.2, 0) is 0 Å². The Labute approximate surface area is 155 Å². The van der Waals surface area contributed by atoms with Crippen molar-refractivity contribution in [2.24, 2.45) is 0 Å². The largest absolute Gasteiger partial charge is 0.277 e. The van der Waals surface area contributed by atoms with Crippen molar-refractivity contribution in [3.63, 3.8) is 0 Å². The fourth-order valence-corrected chi connectivity index (χ4v) is 3.96. The Morgan fingerprint density at radius 3 is 2.11 bits per heavy atom. The predicted octanol–water partition coefficient (Wildman–Crippen LogP) is 6.72. The first-order chi connectivity index (χ1) is 13.2. The van der Waals surface area contributed by atoms with Crippen LogP contribution in [0.3, 0.4) is 0 Å². The van der Waals surface area contributed by atoms with Gasteiger partial charge in [0.25, 0.3) is 5.69 Å². The van der Waals surface area contributed by atoms with Crippen LogP contribution in [-0.4, -0.2) is 4.92 Å². The van der Waals surface area contributed by atoms with Gasteiger partial charge >= 0.3 is 0 Å². The molecule has 0 N–H and O–H groups in total. The number of benzene rings is 5. The number of nitro benzene ring substituents is 1. The van der Waals surface area contributed by atoms with Crippen molar-refractivity contribution in [1.29, 1.82) is 0 Å². The molecule has 0 heterocycles. The van der Waals surface area contributed by atoms with E-state index in [9.17, 15) is 10.1 Å². The number of nitro groups is 1. The van der Waals surface area contributed by atoms with E-state index < -0.39 is 0 Å². The van der Waals surface area contributed by atoms with Gasteiger partial charge in [-0.15, -0.1) is 0 Å². The molecule has 0 spiro atoms. The zero-order valence-corrected chi connectivity index (χ0v) is 14.4. The summed E-state index contributed by atoms with van der Waals surface area (Å²) in [6.45, 7) is 0. The van der Waals surface area contributed by atoms with Crippen molar-refractivity contribution in [3.8, 4) is 11.1 Å². The highest BCUT2D eigenvalue weighted by atomic mass is 16.6. The molecule has 0 saturated carbocycles. The van der Waals surface area contributed by atoms with Gasteiger partial charge < -0.3 is 0 Å². The molecule has 0 aliphatic carbocycles. The zero-order chi connectivity index (χ0) is 18.4. The van der Waals surface area contributed by atoms with Gasteiger partial charge in [-0.3, -0.25) is 10.1 Å². The van der Waals surface area contributed by atoms with Gasteiger partial charge in [-0.05, 0) is 43.9 Å². The molecule has 3 heteroatoms. The first kappa shape index (κ1) is 15.5. The van der Waals surface area contributed by atoms with Crippen LogP contribution < -0.4 is 0 Å². The molecular formula is C24H15NO2. The monoisotopic (exact) mass is 349 g/mol. The van der Waals surface area contributed by atoms with Crippen molar-refractivity contribution in [1.82, 2.24) is 0 Å². The lowest BCUT2D eigenvalue weighted by Crippen LogP contribution is -1.92. The lowest BCUT2D eigenvalue weighted by atomic mass is 9.92. The summed E-state index contributed by atoms with van der Waals surface area (Å²) in [6.07, 6.45) is 0. The maximum absolute atomic E-state index is 11.5. The van der Waals surface area contributed by atoms with Gasteiger partial charge in [0.1, 0.15) is 0 Å². The van der Waals surface area contributed by atoms with Gasteiger partial charge in [0.05, 0.1) is 10.5 Å². The van der Waals surface area contributed by atoms with E-state index in [4.69, 9.17) is 0 Å². The summed E-state index contributed by atoms with van der Waals surface area (Å²) in [5.41, 5.74) is 1.66. The lowest BCUT2D eigenvalue weighted by molar-refractivity contribution is -0.384. The fraction of sp³-hybridized carbons (Fsp3) is 0. The van der Waals surface area contributed by atoms with Gasteiger partial charge in [0.2, 0.25) is 0 Å². The Morgan fingerprint density at radius 2 is 1.22 bits per heavy atom. The van der Waals surface area contributed by atoms with Crippen molar-refractivity contribution >= 4 is 38.0 Å². The van der Waals surface area contributed by atoms with E-state index in [0.29, 0.717) is 5.56 Å². The molecule has 0 aliphatic rings. The predicted molar refractivity (Wildman–Crippen MR) is 111 cm³/mol. The number of hydrogen-bond donors (Lipinski definition) is 0. The van der Waals surface area contributed by atoms with Crippen molar-refractivity contribution in [2.45, 2.75) is 0 Å². The summed E-state index contributed by atoms with van der Waals surface area (Å²) in [4.78, 5) is 11.2. The average Bonchev–Trinajstić information content (AvgIpc) is 2.72. The Morgan fingerprint density at radius 1 is 0.556 bits per heavy atom. The van der Waals surface area contributed by atoms with Crippen molar-refractivity contribution < 1.29 is 4.92 Å². The van der Waals surface area contributed by atoms with E-state index in [1.165, 1.54) is 21.5 Å². The molecule has 3 nitrogen and oxygen atoms in total. The van der Waals surface area contributed by atoms with E-state index >= 15 is 0 Å². The van der Waals surface area contributed by atoms with Crippen LogP contribution in [0.2, 0.25) is 0 Å². The average molecular weight is 349 g/mol. The van der Waals surface area contributed by atoms with Crippen LogP contribution in [0.5, 0.6) is 0 Å². The molecule has 0 unspecified atom stereocenters. The molecule has 5 aromatic carbocycles. The van der Waals surface area contributed by atoms with E-state index in [-0.39, 0.29) is 10.6 Å². The highest BCUT2D eigenvalue weighted by Crippen LogP contribution is 2.39. The summed E-state index contributed by atoms with van der Waals surface area (Å²) in [5, 5.41) is 18.4. The standard InChI is InChI=1S/C24H15NO2/c26-25(27)23-11-4-3-8-21(23)19-9-5-10-22-20(19)15-14-17-13-12-16-6-1-2-7-18(16)24(17)22/h1-15H. The summed E-state index contributed by atoms with van der Waals surface area (Å²) in [7, 11) is 0. The highest BCUT2D eigenvalue weighted by molar-refractivity contribution is 6.22. The molecule has 0 saturated heterocycles. The molecule has 0 atom stereocenters. The summed E-state index contributed by atoms with van der Waals surface area (Å²) in [6, 6.07) is 29.7. The molecule has 0 radical (unpaired) electrons. The van der Waals surface area contributed by atoms with Gasteiger partial charge in [-0.2, -0.15) is 0 Å². The van der Waals surface area contributed by atoms with Crippen LogP contribution in [0.15, 0.2) is 91.0 Å². The molecule has 0 aromatic heterocycles. The van der Waals surface area contributed by atoms with E-state index in [1.54, 1.807) is 12.1 Å². The zero-order valence-electron chi connectivity index (χ0n) is 14.4. The van der Waals surface area contributed by atoms with Crippen molar-refractivity contribution in [3.05, 3.63) is 101 Å².